The molecule has 2 aromatic carbocycles. The molecule has 7 heteroatoms. The van der Waals surface area contributed by atoms with E-state index in [9.17, 15) is 18.5 Å². The van der Waals surface area contributed by atoms with Gasteiger partial charge < -0.3 is 5.32 Å². The van der Waals surface area contributed by atoms with Crippen molar-refractivity contribution >= 4 is 15.5 Å². The second-order valence-electron chi connectivity index (χ2n) is 5.61. The topological polar surface area (TPSA) is 89.3 Å². The summed E-state index contributed by atoms with van der Waals surface area (Å²) in [6, 6.07) is 13.1. The summed E-state index contributed by atoms with van der Waals surface area (Å²) in [5, 5.41) is 14.1. The Labute approximate surface area is 141 Å². The number of aryl methyl sites for hydroxylation is 1. The lowest BCUT2D eigenvalue weighted by atomic mass is 10.0. The van der Waals surface area contributed by atoms with E-state index >= 15 is 0 Å². The Morgan fingerprint density at radius 3 is 2.46 bits per heavy atom. The van der Waals surface area contributed by atoms with Gasteiger partial charge in [-0.15, -0.1) is 0 Å². The van der Waals surface area contributed by atoms with Crippen LogP contribution in [0.15, 0.2) is 53.4 Å². The van der Waals surface area contributed by atoms with Crippen molar-refractivity contribution in [3.63, 3.8) is 0 Å². The first-order valence-electron chi connectivity index (χ1n) is 7.57. The summed E-state index contributed by atoms with van der Waals surface area (Å²) >= 11 is 0. The number of hydrogen-bond acceptors (Lipinski definition) is 5. The van der Waals surface area contributed by atoms with Gasteiger partial charge in [-0.05, 0) is 31.5 Å². The molecule has 0 aliphatic rings. The molecule has 0 fully saturated rings. The number of sulfone groups is 1. The first kappa shape index (κ1) is 18.1. The first-order chi connectivity index (χ1) is 11.3. The van der Waals surface area contributed by atoms with Gasteiger partial charge in [0.1, 0.15) is 0 Å². The number of nitro groups is 1. The lowest BCUT2D eigenvalue weighted by Crippen LogP contribution is -2.25. The standard InChI is InChI=1S/C17H20N2O4S/c1-13-8-9-15(12-17(13)19(20)21)14(2)18-10-11-24(22,23)16-6-4-3-5-7-16/h3-9,12,14,18H,10-11H2,1-2H3. The van der Waals surface area contributed by atoms with Crippen LogP contribution in [0, 0.1) is 17.0 Å². The lowest BCUT2D eigenvalue weighted by Gasteiger charge is -2.14. The highest BCUT2D eigenvalue weighted by Gasteiger charge is 2.16. The molecule has 2 aromatic rings. The van der Waals surface area contributed by atoms with Gasteiger partial charge in [-0.3, -0.25) is 10.1 Å². The van der Waals surface area contributed by atoms with Crippen molar-refractivity contribution in [3.8, 4) is 0 Å². The molecule has 0 aromatic heterocycles. The molecule has 128 valence electrons. The second kappa shape index (κ2) is 7.55. The van der Waals surface area contributed by atoms with E-state index in [0.29, 0.717) is 10.5 Å². The van der Waals surface area contributed by atoms with Gasteiger partial charge in [0, 0.05) is 24.2 Å². The minimum Gasteiger partial charge on any atom is -0.309 e. The molecule has 0 amide bonds. The Morgan fingerprint density at radius 2 is 1.83 bits per heavy atom. The molecule has 6 nitrogen and oxygen atoms in total. The molecule has 0 aliphatic carbocycles. The fourth-order valence-electron chi connectivity index (χ4n) is 2.37. The minimum absolute atomic E-state index is 0.0324. The molecule has 0 saturated carbocycles. The second-order valence-corrected chi connectivity index (χ2v) is 7.72. The number of nitrogens with zero attached hydrogens (tertiary/aromatic N) is 1. The van der Waals surface area contributed by atoms with E-state index < -0.39 is 14.8 Å². The van der Waals surface area contributed by atoms with E-state index in [1.54, 1.807) is 43.3 Å². The van der Waals surface area contributed by atoms with Gasteiger partial charge in [-0.1, -0.05) is 30.3 Å². The highest BCUT2D eigenvalue weighted by Crippen LogP contribution is 2.23. The summed E-state index contributed by atoms with van der Waals surface area (Å²) in [7, 11) is -3.34. The van der Waals surface area contributed by atoms with Crippen LogP contribution in [-0.4, -0.2) is 25.6 Å². The average molecular weight is 348 g/mol. The molecule has 24 heavy (non-hydrogen) atoms. The molecule has 2 rings (SSSR count). The van der Waals surface area contributed by atoms with Crippen LogP contribution in [0.5, 0.6) is 0 Å². The zero-order chi connectivity index (χ0) is 17.7. The fourth-order valence-corrected chi connectivity index (χ4v) is 3.56. The Morgan fingerprint density at radius 1 is 1.17 bits per heavy atom. The van der Waals surface area contributed by atoms with Crippen LogP contribution in [0.25, 0.3) is 0 Å². The third kappa shape index (κ3) is 4.39. The molecular formula is C17H20N2O4S. The molecule has 1 N–H and O–H groups in total. The Balaban J connectivity index is 2.00. The summed E-state index contributed by atoms with van der Waals surface area (Å²) < 4.78 is 24.4. The summed E-state index contributed by atoms with van der Waals surface area (Å²) in [5.74, 6) is -0.0324. The highest BCUT2D eigenvalue weighted by molar-refractivity contribution is 7.91. The summed E-state index contributed by atoms with van der Waals surface area (Å²) in [6.45, 7) is 3.80. The maximum absolute atomic E-state index is 12.2. The van der Waals surface area contributed by atoms with Crippen LogP contribution < -0.4 is 5.32 Å². The average Bonchev–Trinajstić information content (AvgIpc) is 2.55. The molecule has 0 bridgehead atoms. The van der Waals surface area contributed by atoms with E-state index in [-0.39, 0.29) is 24.0 Å². The fraction of sp³-hybridized carbons (Fsp3) is 0.294. The van der Waals surface area contributed by atoms with Crippen molar-refractivity contribution in [1.29, 1.82) is 0 Å². The van der Waals surface area contributed by atoms with Crippen molar-refractivity contribution in [2.24, 2.45) is 0 Å². The molecule has 1 atom stereocenters. The SMILES string of the molecule is Cc1ccc(C(C)NCCS(=O)(=O)c2ccccc2)cc1[N+](=O)[O-]. The molecule has 0 aliphatic heterocycles. The molecule has 0 radical (unpaired) electrons. The summed E-state index contributed by atoms with van der Waals surface area (Å²) in [4.78, 5) is 10.9. The maximum Gasteiger partial charge on any atom is 0.272 e. The van der Waals surface area contributed by atoms with Crippen molar-refractivity contribution in [2.45, 2.75) is 24.8 Å². The van der Waals surface area contributed by atoms with Gasteiger partial charge >= 0.3 is 0 Å². The van der Waals surface area contributed by atoms with E-state index in [0.717, 1.165) is 5.56 Å². The predicted molar refractivity (Wildman–Crippen MR) is 92.7 cm³/mol. The first-order valence-corrected chi connectivity index (χ1v) is 9.22. The van der Waals surface area contributed by atoms with Crippen LogP contribution in [0.4, 0.5) is 5.69 Å². The number of nitrogens with one attached hydrogen (secondary N) is 1. The van der Waals surface area contributed by atoms with E-state index in [1.807, 2.05) is 13.0 Å². The van der Waals surface area contributed by atoms with Crippen molar-refractivity contribution in [1.82, 2.24) is 5.32 Å². The van der Waals surface area contributed by atoms with Crippen LogP contribution in [0.2, 0.25) is 0 Å². The Hall–Kier alpha value is -2.25. The zero-order valence-electron chi connectivity index (χ0n) is 13.6. The van der Waals surface area contributed by atoms with Gasteiger partial charge in [0.05, 0.1) is 15.6 Å². The monoisotopic (exact) mass is 348 g/mol. The smallest absolute Gasteiger partial charge is 0.272 e. The van der Waals surface area contributed by atoms with Gasteiger partial charge in [-0.2, -0.15) is 0 Å². The lowest BCUT2D eigenvalue weighted by molar-refractivity contribution is -0.385. The maximum atomic E-state index is 12.2. The van der Waals surface area contributed by atoms with Crippen LogP contribution >= 0.6 is 0 Å². The summed E-state index contributed by atoms with van der Waals surface area (Å²) in [5.41, 5.74) is 1.42. The van der Waals surface area contributed by atoms with Crippen LogP contribution in [0.1, 0.15) is 24.1 Å². The third-order valence-electron chi connectivity index (χ3n) is 3.85. The largest absolute Gasteiger partial charge is 0.309 e. The highest BCUT2D eigenvalue weighted by atomic mass is 32.2. The van der Waals surface area contributed by atoms with Gasteiger partial charge in [0.2, 0.25) is 0 Å². The quantitative estimate of drug-likeness (QED) is 0.613. The van der Waals surface area contributed by atoms with Crippen molar-refractivity contribution < 1.29 is 13.3 Å². The minimum atomic E-state index is -3.34. The third-order valence-corrected chi connectivity index (χ3v) is 5.59. The molecule has 0 spiro atoms. The Kier molecular flexibility index (Phi) is 5.69. The van der Waals surface area contributed by atoms with E-state index in [2.05, 4.69) is 5.32 Å². The predicted octanol–water partition coefficient (Wildman–Crippen LogP) is 3.03. The molecule has 0 heterocycles. The number of nitro benzene ring substituents is 1. The van der Waals surface area contributed by atoms with E-state index in [1.165, 1.54) is 6.07 Å². The van der Waals surface area contributed by atoms with Gasteiger partial charge in [0.15, 0.2) is 9.84 Å². The molecule has 1 unspecified atom stereocenters. The van der Waals surface area contributed by atoms with Crippen LogP contribution in [-0.2, 0) is 9.84 Å². The zero-order valence-corrected chi connectivity index (χ0v) is 14.4. The van der Waals surface area contributed by atoms with Crippen molar-refractivity contribution in [2.75, 3.05) is 12.3 Å². The number of benzene rings is 2. The Bertz CT molecular complexity index is 820. The normalized spacial score (nSPS) is 12.8. The number of rotatable bonds is 7. The van der Waals surface area contributed by atoms with E-state index in [4.69, 9.17) is 0 Å². The van der Waals surface area contributed by atoms with Gasteiger partial charge in [0.25, 0.3) is 5.69 Å². The van der Waals surface area contributed by atoms with Gasteiger partial charge in [-0.25, -0.2) is 8.42 Å². The molecule has 0 saturated heterocycles. The van der Waals surface area contributed by atoms with Crippen LogP contribution in [0.3, 0.4) is 0 Å². The van der Waals surface area contributed by atoms with Crippen molar-refractivity contribution in [3.05, 3.63) is 69.8 Å². The summed E-state index contributed by atoms with van der Waals surface area (Å²) in [6.07, 6.45) is 0. The number of hydrogen-bond donors (Lipinski definition) is 1. The molecular weight excluding hydrogens is 328 g/mol.